The van der Waals surface area contributed by atoms with Gasteiger partial charge in [0, 0.05) is 38.3 Å². The third-order valence-electron chi connectivity index (χ3n) is 4.47. The van der Waals surface area contributed by atoms with E-state index in [2.05, 4.69) is 15.6 Å². The minimum Gasteiger partial charge on any atom is -0.383 e. The van der Waals surface area contributed by atoms with Gasteiger partial charge in [-0.3, -0.25) is 4.79 Å². The number of methoxy groups -OCH3 is 1. The molecular weight excluding hydrogens is 483 g/mol. The fourth-order valence-corrected chi connectivity index (χ4v) is 3.29. The number of nitrogens with zero attached hydrogens (tertiary/aromatic N) is 2. The van der Waals surface area contributed by atoms with Gasteiger partial charge in [0.05, 0.1) is 25.4 Å². The van der Waals surface area contributed by atoms with Crippen molar-refractivity contribution in [3.63, 3.8) is 0 Å². The quantitative estimate of drug-likeness (QED) is 0.330. The summed E-state index contributed by atoms with van der Waals surface area (Å²) >= 11 is 0. The van der Waals surface area contributed by atoms with Crippen molar-refractivity contribution in [3.05, 3.63) is 35.4 Å². The zero-order chi connectivity index (χ0) is 20.5. The first-order valence-corrected chi connectivity index (χ1v) is 10.00. The van der Waals surface area contributed by atoms with Crippen LogP contribution in [-0.2, 0) is 16.0 Å². The highest BCUT2D eigenvalue weighted by Gasteiger charge is 2.26. The molecular formula is C21H35IN4O3. The Kier molecular flexibility index (Phi) is 11.5. The van der Waals surface area contributed by atoms with Crippen LogP contribution in [0.5, 0.6) is 0 Å². The Morgan fingerprint density at radius 2 is 1.90 bits per heavy atom. The van der Waals surface area contributed by atoms with Crippen molar-refractivity contribution in [3.8, 4) is 0 Å². The number of carbonyl (C=O) groups is 1. The second-order valence-electron chi connectivity index (χ2n) is 7.36. The Morgan fingerprint density at radius 1 is 1.28 bits per heavy atom. The molecule has 0 saturated carbocycles. The summed E-state index contributed by atoms with van der Waals surface area (Å²) in [6.45, 7) is 11.3. The van der Waals surface area contributed by atoms with E-state index in [1.54, 1.807) is 7.11 Å². The van der Waals surface area contributed by atoms with Crippen LogP contribution >= 0.6 is 24.0 Å². The minimum atomic E-state index is 0. The minimum absolute atomic E-state index is 0. The molecule has 1 aliphatic heterocycles. The number of aliphatic imine (C=N–C) groups is 1. The lowest BCUT2D eigenvalue weighted by atomic mass is 10.1. The van der Waals surface area contributed by atoms with Crippen LogP contribution in [0.2, 0.25) is 0 Å². The molecule has 0 bridgehead atoms. The maximum Gasteiger partial charge on any atom is 0.254 e. The van der Waals surface area contributed by atoms with Crippen LogP contribution in [0.15, 0.2) is 29.3 Å². The van der Waals surface area contributed by atoms with Crippen LogP contribution in [0, 0.1) is 0 Å². The van der Waals surface area contributed by atoms with Crippen molar-refractivity contribution in [2.75, 3.05) is 33.4 Å². The molecule has 0 radical (unpaired) electrons. The molecule has 1 heterocycles. The summed E-state index contributed by atoms with van der Waals surface area (Å²) in [4.78, 5) is 19.2. The Balaban J connectivity index is 0.00000420. The second-order valence-corrected chi connectivity index (χ2v) is 7.36. The molecule has 3 atom stereocenters. The number of amides is 1. The number of hydrogen-bond donors (Lipinski definition) is 2. The van der Waals surface area contributed by atoms with Crippen molar-refractivity contribution < 1.29 is 14.3 Å². The second kappa shape index (κ2) is 13.0. The first-order valence-electron chi connectivity index (χ1n) is 10.00. The molecule has 1 aliphatic rings. The van der Waals surface area contributed by atoms with Gasteiger partial charge < -0.3 is 25.0 Å². The molecule has 8 heteroatoms. The van der Waals surface area contributed by atoms with Crippen LogP contribution < -0.4 is 10.6 Å². The molecule has 1 aromatic rings. The van der Waals surface area contributed by atoms with E-state index in [0.717, 1.165) is 18.1 Å². The predicted octanol–water partition coefficient (Wildman–Crippen LogP) is 2.64. The number of morpholine rings is 1. The Hall–Kier alpha value is -1.39. The van der Waals surface area contributed by atoms with Gasteiger partial charge in [0.1, 0.15) is 0 Å². The summed E-state index contributed by atoms with van der Waals surface area (Å²) in [6.07, 6.45) is 0.137. The van der Waals surface area contributed by atoms with Crippen molar-refractivity contribution >= 4 is 35.8 Å². The molecule has 1 amide bonds. The number of halogens is 1. The highest BCUT2D eigenvalue weighted by molar-refractivity contribution is 14.0. The van der Waals surface area contributed by atoms with Gasteiger partial charge in [0.2, 0.25) is 0 Å². The van der Waals surface area contributed by atoms with Gasteiger partial charge in [-0.15, -0.1) is 24.0 Å². The summed E-state index contributed by atoms with van der Waals surface area (Å²) in [5, 5.41) is 6.54. The van der Waals surface area contributed by atoms with Gasteiger partial charge in [-0.1, -0.05) is 12.1 Å². The van der Waals surface area contributed by atoms with E-state index in [-0.39, 0.29) is 48.1 Å². The number of benzene rings is 1. The lowest BCUT2D eigenvalue weighted by Crippen LogP contribution is -2.48. The normalized spacial score (nSPS) is 20.6. The Bertz CT molecular complexity index is 644. The van der Waals surface area contributed by atoms with E-state index in [1.165, 1.54) is 0 Å². The smallest absolute Gasteiger partial charge is 0.254 e. The monoisotopic (exact) mass is 518 g/mol. The van der Waals surface area contributed by atoms with Crippen LogP contribution in [0.25, 0.3) is 0 Å². The van der Waals surface area contributed by atoms with Crippen LogP contribution in [0.1, 0.15) is 43.6 Å². The van der Waals surface area contributed by atoms with Crippen LogP contribution in [0.4, 0.5) is 0 Å². The highest BCUT2D eigenvalue weighted by Crippen LogP contribution is 2.15. The maximum atomic E-state index is 12.7. The Morgan fingerprint density at radius 3 is 2.45 bits per heavy atom. The standard InChI is InChI=1S/C21H34N4O3.HI/c1-6-22-21(24-15(2)14-27-5)23-11-18-7-9-19(10-8-18)20(26)25-12-16(3)28-17(4)13-25;/h7-10,15-17H,6,11-14H2,1-5H3,(H2,22,23,24);1H. The zero-order valence-corrected chi connectivity index (χ0v) is 20.4. The Labute approximate surface area is 191 Å². The number of rotatable bonds is 7. The first-order chi connectivity index (χ1) is 13.4. The number of ether oxygens (including phenoxy) is 2. The van der Waals surface area contributed by atoms with Gasteiger partial charge in [-0.2, -0.15) is 0 Å². The molecule has 164 valence electrons. The molecule has 2 rings (SSSR count). The fraction of sp³-hybridized carbons (Fsp3) is 0.619. The molecule has 1 saturated heterocycles. The average Bonchev–Trinajstić information content (AvgIpc) is 2.65. The third kappa shape index (κ3) is 8.47. The number of guanidine groups is 1. The van der Waals surface area contributed by atoms with Crippen LogP contribution in [0.3, 0.4) is 0 Å². The summed E-state index contributed by atoms with van der Waals surface area (Å²) in [5.74, 6) is 0.809. The lowest BCUT2D eigenvalue weighted by Gasteiger charge is -2.35. The average molecular weight is 518 g/mol. The number of nitrogens with one attached hydrogen (secondary N) is 2. The summed E-state index contributed by atoms with van der Waals surface area (Å²) < 4.78 is 10.9. The van der Waals surface area contributed by atoms with Gasteiger partial charge in [0.15, 0.2) is 5.96 Å². The predicted molar refractivity (Wildman–Crippen MR) is 127 cm³/mol. The first kappa shape index (κ1) is 25.6. The summed E-state index contributed by atoms with van der Waals surface area (Å²) in [5.41, 5.74) is 1.75. The van der Waals surface area contributed by atoms with Gasteiger partial charge in [0.25, 0.3) is 5.91 Å². The number of carbonyl (C=O) groups excluding carboxylic acids is 1. The molecule has 1 fully saturated rings. The fourth-order valence-electron chi connectivity index (χ4n) is 3.29. The van der Waals surface area contributed by atoms with E-state index in [1.807, 2.05) is 56.9 Å². The molecule has 0 spiro atoms. The SMILES string of the molecule is CCNC(=NCc1ccc(C(=O)N2CC(C)OC(C)C2)cc1)NC(C)COC.I. The summed E-state index contributed by atoms with van der Waals surface area (Å²) in [6, 6.07) is 7.86. The third-order valence-corrected chi connectivity index (χ3v) is 4.47. The van der Waals surface area contributed by atoms with Crippen LogP contribution in [-0.4, -0.2) is 68.4 Å². The van der Waals surface area contributed by atoms with Gasteiger partial charge >= 0.3 is 0 Å². The molecule has 0 aromatic heterocycles. The van der Waals surface area contributed by atoms with Crippen molar-refractivity contribution in [1.29, 1.82) is 0 Å². The van der Waals surface area contributed by atoms with Gasteiger partial charge in [-0.25, -0.2) is 4.99 Å². The molecule has 7 nitrogen and oxygen atoms in total. The molecule has 29 heavy (non-hydrogen) atoms. The molecule has 1 aromatic carbocycles. The molecule has 2 N–H and O–H groups in total. The lowest BCUT2D eigenvalue weighted by molar-refractivity contribution is -0.0586. The van der Waals surface area contributed by atoms with E-state index in [4.69, 9.17) is 9.47 Å². The van der Waals surface area contributed by atoms with Gasteiger partial charge in [-0.05, 0) is 45.4 Å². The van der Waals surface area contributed by atoms with Crippen molar-refractivity contribution in [2.24, 2.45) is 4.99 Å². The topological polar surface area (TPSA) is 75.2 Å². The molecule has 0 aliphatic carbocycles. The van der Waals surface area contributed by atoms with Crippen molar-refractivity contribution in [1.82, 2.24) is 15.5 Å². The highest BCUT2D eigenvalue weighted by atomic mass is 127. The largest absolute Gasteiger partial charge is 0.383 e. The summed E-state index contributed by atoms with van der Waals surface area (Å²) in [7, 11) is 1.68. The van der Waals surface area contributed by atoms with E-state index >= 15 is 0 Å². The number of hydrogen-bond acceptors (Lipinski definition) is 4. The van der Waals surface area contributed by atoms with Crippen molar-refractivity contribution in [2.45, 2.75) is 52.5 Å². The molecule has 3 unspecified atom stereocenters. The van der Waals surface area contributed by atoms with E-state index in [9.17, 15) is 4.79 Å². The zero-order valence-electron chi connectivity index (χ0n) is 18.1. The van der Waals surface area contributed by atoms with E-state index < -0.39 is 0 Å². The van der Waals surface area contributed by atoms with E-state index in [0.29, 0.717) is 31.8 Å². The maximum absolute atomic E-state index is 12.7.